The first-order valence-electron chi connectivity index (χ1n) is 7.07. The van der Waals surface area contributed by atoms with Crippen LogP contribution in [-0.4, -0.2) is 15.9 Å². The van der Waals surface area contributed by atoms with E-state index in [1.807, 2.05) is 6.92 Å². The maximum absolute atomic E-state index is 11.7. The smallest absolute Gasteiger partial charge is 0.336 e. The molecule has 1 aromatic heterocycles. The van der Waals surface area contributed by atoms with E-state index in [4.69, 9.17) is 4.42 Å². The Morgan fingerprint density at radius 3 is 2.48 bits per heavy atom. The van der Waals surface area contributed by atoms with Crippen molar-refractivity contribution in [3.05, 3.63) is 64.0 Å². The van der Waals surface area contributed by atoms with Gasteiger partial charge in [0.1, 0.15) is 11.5 Å². The number of fused-ring (bicyclic) bond motifs is 1. The topological polar surface area (TPSA) is 83.0 Å². The molecule has 0 amide bonds. The third kappa shape index (κ3) is 2.81. The van der Waals surface area contributed by atoms with Gasteiger partial charge in [-0.25, -0.2) is 4.79 Å². The number of rotatable bonds is 2. The van der Waals surface area contributed by atoms with Crippen LogP contribution in [0.3, 0.4) is 0 Å². The first-order chi connectivity index (χ1) is 11.0. The molecule has 0 unspecified atom stereocenters. The summed E-state index contributed by atoms with van der Waals surface area (Å²) in [5.41, 5.74) is 2.12. The number of phenolic OH excluding ortho intramolecular Hbond substituents is 2. The normalized spacial score (nSPS) is 11.8. The lowest BCUT2D eigenvalue weighted by atomic mass is 10.0. The van der Waals surface area contributed by atoms with Crippen LogP contribution in [0.5, 0.6) is 11.5 Å². The standard InChI is InChI=1S/C18H15NO4/c1-10-9-16(22)23-18-14(10)7-8-15(21)17(18)11(2)19-12-3-5-13(20)6-4-12/h3-9,20-21H,1-2H3. The number of hydrogen-bond acceptors (Lipinski definition) is 5. The highest BCUT2D eigenvalue weighted by atomic mass is 16.4. The molecule has 0 atom stereocenters. The molecule has 0 saturated carbocycles. The first-order valence-corrected chi connectivity index (χ1v) is 7.07. The van der Waals surface area contributed by atoms with Crippen molar-refractivity contribution in [1.29, 1.82) is 0 Å². The van der Waals surface area contributed by atoms with Crippen molar-refractivity contribution in [3.8, 4) is 11.5 Å². The van der Waals surface area contributed by atoms with Gasteiger partial charge in [-0.15, -0.1) is 0 Å². The number of nitrogens with zero attached hydrogens (tertiary/aromatic N) is 1. The fraction of sp³-hybridized carbons (Fsp3) is 0.111. The van der Waals surface area contributed by atoms with E-state index in [0.717, 1.165) is 10.9 Å². The van der Waals surface area contributed by atoms with E-state index in [0.29, 0.717) is 22.5 Å². The molecule has 0 saturated heterocycles. The van der Waals surface area contributed by atoms with Crippen molar-refractivity contribution >= 4 is 22.4 Å². The summed E-state index contributed by atoms with van der Waals surface area (Å²) in [5, 5.41) is 20.3. The van der Waals surface area contributed by atoms with E-state index in [2.05, 4.69) is 4.99 Å². The minimum atomic E-state index is -0.473. The molecule has 3 aromatic rings. The molecule has 116 valence electrons. The molecule has 1 heterocycles. The highest BCUT2D eigenvalue weighted by Crippen LogP contribution is 2.30. The second-order valence-corrected chi connectivity index (χ2v) is 5.30. The minimum absolute atomic E-state index is 0.00808. The number of aliphatic imine (C=N–C) groups is 1. The van der Waals surface area contributed by atoms with Crippen molar-refractivity contribution in [2.24, 2.45) is 4.99 Å². The summed E-state index contributed by atoms with van der Waals surface area (Å²) in [7, 11) is 0. The van der Waals surface area contributed by atoms with Gasteiger partial charge in [0.05, 0.1) is 17.0 Å². The number of aromatic hydroxyl groups is 2. The molecule has 5 heteroatoms. The second kappa shape index (κ2) is 5.61. The van der Waals surface area contributed by atoms with Crippen LogP contribution in [0.25, 0.3) is 11.0 Å². The second-order valence-electron chi connectivity index (χ2n) is 5.30. The van der Waals surface area contributed by atoms with Gasteiger partial charge in [-0.1, -0.05) is 0 Å². The van der Waals surface area contributed by atoms with Gasteiger partial charge in [-0.05, 0) is 55.8 Å². The van der Waals surface area contributed by atoms with E-state index in [-0.39, 0.29) is 11.5 Å². The summed E-state index contributed by atoms with van der Waals surface area (Å²) in [6, 6.07) is 11.0. The molecule has 0 aliphatic heterocycles. The third-order valence-electron chi connectivity index (χ3n) is 3.61. The molecule has 23 heavy (non-hydrogen) atoms. The quantitative estimate of drug-likeness (QED) is 0.559. The SMILES string of the molecule is CC(=Nc1ccc(O)cc1)c1c(O)ccc2c(C)cc(=O)oc12. The largest absolute Gasteiger partial charge is 0.508 e. The van der Waals surface area contributed by atoms with Crippen LogP contribution in [-0.2, 0) is 0 Å². The Balaban J connectivity index is 2.24. The van der Waals surface area contributed by atoms with Gasteiger partial charge in [0.2, 0.25) is 0 Å². The van der Waals surface area contributed by atoms with Crippen LogP contribution in [0, 0.1) is 6.92 Å². The zero-order chi connectivity index (χ0) is 16.6. The Labute approximate surface area is 132 Å². The highest BCUT2D eigenvalue weighted by Gasteiger charge is 2.14. The van der Waals surface area contributed by atoms with Gasteiger partial charge in [0.25, 0.3) is 0 Å². The summed E-state index contributed by atoms with van der Waals surface area (Å²) in [4.78, 5) is 16.1. The minimum Gasteiger partial charge on any atom is -0.508 e. The van der Waals surface area contributed by atoms with Crippen molar-refractivity contribution in [2.45, 2.75) is 13.8 Å². The summed E-state index contributed by atoms with van der Waals surface area (Å²) in [6.07, 6.45) is 0. The summed E-state index contributed by atoms with van der Waals surface area (Å²) < 4.78 is 5.30. The lowest BCUT2D eigenvalue weighted by Crippen LogP contribution is -2.03. The Morgan fingerprint density at radius 1 is 1.09 bits per heavy atom. The Kier molecular flexibility index (Phi) is 3.62. The van der Waals surface area contributed by atoms with E-state index in [1.165, 1.54) is 18.2 Å². The molecule has 3 rings (SSSR count). The highest BCUT2D eigenvalue weighted by molar-refractivity contribution is 6.11. The fourth-order valence-corrected chi connectivity index (χ4v) is 2.50. The zero-order valence-corrected chi connectivity index (χ0v) is 12.7. The number of aryl methyl sites for hydroxylation is 1. The molecular formula is C18H15NO4. The van der Waals surface area contributed by atoms with Crippen LogP contribution in [0.1, 0.15) is 18.1 Å². The molecule has 0 aliphatic rings. The predicted molar refractivity (Wildman–Crippen MR) is 88.9 cm³/mol. The summed E-state index contributed by atoms with van der Waals surface area (Å²) in [6.45, 7) is 3.54. The van der Waals surface area contributed by atoms with Crippen molar-refractivity contribution in [3.63, 3.8) is 0 Å². The molecule has 0 bridgehead atoms. The lowest BCUT2D eigenvalue weighted by Gasteiger charge is -2.09. The van der Waals surface area contributed by atoms with Crippen LogP contribution in [0.2, 0.25) is 0 Å². The lowest BCUT2D eigenvalue weighted by molar-refractivity contribution is 0.471. The van der Waals surface area contributed by atoms with E-state index >= 15 is 0 Å². The fourth-order valence-electron chi connectivity index (χ4n) is 2.50. The number of benzene rings is 2. The van der Waals surface area contributed by atoms with Gasteiger partial charge in [0, 0.05) is 11.5 Å². The van der Waals surface area contributed by atoms with E-state index in [9.17, 15) is 15.0 Å². The molecule has 5 nitrogen and oxygen atoms in total. The summed E-state index contributed by atoms with van der Waals surface area (Å²) in [5.74, 6) is 0.141. The van der Waals surface area contributed by atoms with Gasteiger partial charge in [-0.2, -0.15) is 0 Å². The zero-order valence-electron chi connectivity index (χ0n) is 12.7. The molecule has 0 radical (unpaired) electrons. The van der Waals surface area contributed by atoms with Gasteiger partial charge >= 0.3 is 5.63 Å². The maximum Gasteiger partial charge on any atom is 0.336 e. The average Bonchev–Trinajstić information content (AvgIpc) is 2.49. The van der Waals surface area contributed by atoms with Gasteiger partial charge < -0.3 is 14.6 Å². The monoisotopic (exact) mass is 309 g/mol. The molecule has 2 N–H and O–H groups in total. The van der Waals surface area contributed by atoms with Crippen molar-refractivity contribution < 1.29 is 14.6 Å². The Bertz CT molecular complexity index is 969. The number of hydrogen-bond donors (Lipinski definition) is 2. The molecule has 2 aromatic carbocycles. The maximum atomic E-state index is 11.7. The van der Waals surface area contributed by atoms with Gasteiger partial charge in [0.15, 0.2) is 5.58 Å². The van der Waals surface area contributed by atoms with E-state index in [1.54, 1.807) is 31.2 Å². The van der Waals surface area contributed by atoms with E-state index < -0.39 is 5.63 Å². The van der Waals surface area contributed by atoms with Crippen molar-refractivity contribution in [2.75, 3.05) is 0 Å². The predicted octanol–water partition coefficient (Wildman–Crippen LogP) is 3.65. The Hall–Kier alpha value is -3.08. The third-order valence-corrected chi connectivity index (χ3v) is 3.61. The van der Waals surface area contributed by atoms with Gasteiger partial charge in [-0.3, -0.25) is 4.99 Å². The average molecular weight is 309 g/mol. The first kappa shape index (κ1) is 14.8. The summed E-state index contributed by atoms with van der Waals surface area (Å²) >= 11 is 0. The van der Waals surface area contributed by atoms with Crippen LogP contribution < -0.4 is 5.63 Å². The molecule has 0 fully saturated rings. The molecule has 0 aliphatic carbocycles. The van der Waals surface area contributed by atoms with Crippen LogP contribution in [0.4, 0.5) is 5.69 Å². The molecule has 0 spiro atoms. The molecular weight excluding hydrogens is 294 g/mol. The number of phenols is 2. The van der Waals surface area contributed by atoms with Crippen LogP contribution >= 0.6 is 0 Å². The van der Waals surface area contributed by atoms with Crippen LogP contribution in [0.15, 0.2) is 56.7 Å². The Morgan fingerprint density at radius 2 is 1.78 bits per heavy atom. The van der Waals surface area contributed by atoms with Crippen molar-refractivity contribution in [1.82, 2.24) is 0 Å².